The molecule has 2 aliphatic carbocycles. The summed E-state index contributed by atoms with van der Waals surface area (Å²) in [6.07, 6.45) is 4.47. The van der Waals surface area contributed by atoms with Gasteiger partial charge in [-0.1, -0.05) is 12.8 Å². The lowest BCUT2D eigenvalue weighted by molar-refractivity contribution is 0.122. The maximum atomic E-state index is 13.8. The third-order valence-electron chi connectivity index (χ3n) is 7.68. The summed E-state index contributed by atoms with van der Waals surface area (Å²) in [6, 6.07) is 9.02. The number of aromatic nitrogens is 2. The Labute approximate surface area is 225 Å². The maximum absolute atomic E-state index is 13.8. The molecule has 1 aliphatic heterocycles. The summed E-state index contributed by atoms with van der Waals surface area (Å²) in [4.78, 5) is 26.2. The predicted molar refractivity (Wildman–Crippen MR) is 148 cm³/mol. The molecule has 206 valence electrons. The lowest BCUT2D eigenvalue weighted by Crippen LogP contribution is -2.39. The zero-order valence-electron chi connectivity index (χ0n) is 22.3. The molecule has 1 aromatic carbocycles. The van der Waals surface area contributed by atoms with Crippen molar-refractivity contribution in [2.24, 2.45) is 0 Å². The van der Waals surface area contributed by atoms with E-state index in [0.29, 0.717) is 62.9 Å². The van der Waals surface area contributed by atoms with Crippen molar-refractivity contribution in [2.45, 2.75) is 48.5 Å². The number of nitrogens with zero attached hydrogens (tertiary/aromatic N) is 4. The van der Waals surface area contributed by atoms with Crippen LogP contribution >= 0.6 is 0 Å². The molecule has 1 aromatic heterocycles. The number of hydrogen-bond donors (Lipinski definition) is 2. The van der Waals surface area contributed by atoms with Crippen molar-refractivity contribution in [1.82, 2.24) is 20.2 Å². The number of nitrogens with one attached hydrogen (secondary N) is 2. The molecule has 10 nitrogen and oxygen atoms in total. The summed E-state index contributed by atoms with van der Waals surface area (Å²) < 4.78 is 32.1. The third-order valence-corrected chi connectivity index (χ3v) is 10.7. The lowest BCUT2D eigenvalue weighted by Gasteiger charge is -2.32. The van der Waals surface area contributed by atoms with Gasteiger partial charge in [0.15, 0.2) is 15.7 Å². The molecular formula is C27H38N6O4S. The molecule has 0 spiro atoms. The number of hydrogen-bond acceptors (Lipinski definition) is 8. The first-order chi connectivity index (χ1) is 18.3. The fourth-order valence-electron chi connectivity index (χ4n) is 5.35. The van der Waals surface area contributed by atoms with Gasteiger partial charge in [0, 0.05) is 43.5 Å². The van der Waals surface area contributed by atoms with E-state index in [9.17, 15) is 13.2 Å². The number of anilines is 2. The Morgan fingerprint density at radius 2 is 1.79 bits per heavy atom. The second kappa shape index (κ2) is 11.2. The molecule has 11 heteroatoms. The number of benzene rings is 1. The lowest BCUT2D eigenvalue weighted by atomic mass is 10.0. The summed E-state index contributed by atoms with van der Waals surface area (Å²) >= 11 is 0. The smallest absolute Gasteiger partial charge is 0.319 e. The molecule has 2 amide bonds. The van der Waals surface area contributed by atoms with Gasteiger partial charge in [-0.2, -0.15) is 0 Å². The molecular weight excluding hydrogens is 504 g/mol. The van der Waals surface area contributed by atoms with Crippen molar-refractivity contribution in [3.63, 3.8) is 0 Å². The number of morpholine rings is 1. The summed E-state index contributed by atoms with van der Waals surface area (Å²) in [6.45, 7) is 3.92. The standard InChI is InChI=1S/C27H38N6O4S/c1-32(2)14-13-28-26(34)29-21-7-5-20(6-8-21)25-30-23(19-24(31-25)33-15-17-37-18-16-33)27(11-3-4-12-27)38(35,36)22-9-10-22/h5-8,19,22H,3-4,9-18H2,1-2H3,(H2,28,29,34). The summed E-state index contributed by atoms with van der Waals surface area (Å²) in [5.74, 6) is 1.25. The van der Waals surface area contributed by atoms with Crippen molar-refractivity contribution < 1.29 is 17.9 Å². The zero-order valence-corrected chi connectivity index (χ0v) is 23.1. The van der Waals surface area contributed by atoms with E-state index < -0.39 is 14.6 Å². The van der Waals surface area contributed by atoms with E-state index in [4.69, 9.17) is 14.7 Å². The Morgan fingerprint density at radius 3 is 2.42 bits per heavy atom. The summed E-state index contributed by atoms with van der Waals surface area (Å²) in [5.41, 5.74) is 2.05. The monoisotopic (exact) mass is 542 g/mol. The second-order valence-corrected chi connectivity index (χ2v) is 13.3. The van der Waals surface area contributed by atoms with E-state index in [0.717, 1.165) is 43.6 Å². The highest BCUT2D eigenvalue weighted by Crippen LogP contribution is 2.51. The number of rotatable bonds is 9. The van der Waals surface area contributed by atoms with Crippen molar-refractivity contribution >= 4 is 27.4 Å². The number of sulfone groups is 1. The van der Waals surface area contributed by atoms with Crippen LogP contribution in [-0.2, 0) is 19.3 Å². The van der Waals surface area contributed by atoms with Gasteiger partial charge >= 0.3 is 6.03 Å². The Balaban J connectivity index is 1.45. The van der Waals surface area contributed by atoms with Crippen molar-refractivity contribution in [3.8, 4) is 11.4 Å². The van der Waals surface area contributed by atoms with E-state index in [2.05, 4.69) is 15.5 Å². The van der Waals surface area contributed by atoms with Gasteiger partial charge in [0.05, 0.1) is 24.2 Å². The van der Waals surface area contributed by atoms with Gasteiger partial charge in [0.2, 0.25) is 0 Å². The van der Waals surface area contributed by atoms with E-state index in [-0.39, 0.29) is 11.3 Å². The molecule has 1 saturated heterocycles. The van der Waals surface area contributed by atoms with Crippen LogP contribution in [0.5, 0.6) is 0 Å². The number of likely N-dealkylation sites (N-methyl/N-ethyl adjacent to an activating group) is 1. The third kappa shape index (κ3) is 5.64. The van der Waals surface area contributed by atoms with Crippen LogP contribution in [0.25, 0.3) is 11.4 Å². The van der Waals surface area contributed by atoms with Crippen LogP contribution in [0.3, 0.4) is 0 Å². The van der Waals surface area contributed by atoms with Crippen LogP contribution in [0, 0.1) is 0 Å². The van der Waals surface area contributed by atoms with Gasteiger partial charge in [-0.25, -0.2) is 23.2 Å². The van der Waals surface area contributed by atoms with Gasteiger partial charge in [-0.15, -0.1) is 0 Å². The normalized spacial score (nSPS) is 19.5. The average molecular weight is 543 g/mol. The molecule has 38 heavy (non-hydrogen) atoms. The zero-order chi connectivity index (χ0) is 26.8. The fourth-order valence-corrected chi connectivity index (χ4v) is 8.00. The molecule has 2 aromatic rings. The minimum Gasteiger partial charge on any atom is -0.378 e. The Morgan fingerprint density at radius 1 is 1.11 bits per heavy atom. The number of urea groups is 1. The molecule has 0 radical (unpaired) electrons. The summed E-state index contributed by atoms with van der Waals surface area (Å²) in [5, 5.41) is 5.43. The minimum atomic E-state index is -3.35. The van der Waals surface area contributed by atoms with E-state index >= 15 is 0 Å². The number of carbonyl (C=O) groups is 1. The first-order valence-corrected chi connectivity index (χ1v) is 15.1. The molecule has 2 saturated carbocycles. The topological polar surface area (TPSA) is 117 Å². The average Bonchev–Trinajstić information content (AvgIpc) is 3.66. The van der Waals surface area contributed by atoms with Crippen LogP contribution < -0.4 is 15.5 Å². The molecule has 2 heterocycles. The maximum Gasteiger partial charge on any atom is 0.319 e. The van der Waals surface area contributed by atoms with E-state index in [1.54, 1.807) is 0 Å². The van der Waals surface area contributed by atoms with Gasteiger partial charge in [0.25, 0.3) is 0 Å². The second-order valence-electron chi connectivity index (χ2n) is 10.7. The SMILES string of the molecule is CN(C)CCNC(=O)Nc1ccc(-c2nc(N3CCOCC3)cc(C3(S(=O)(=O)C4CC4)CCCC3)n2)cc1. The molecule has 0 atom stereocenters. The molecule has 0 unspecified atom stereocenters. The Hall–Kier alpha value is -2.76. The molecule has 3 aliphatic rings. The van der Waals surface area contributed by atoms with Gasteiger partial charge in [0.1, 0.15) is 10.6 Å². The highest BCUT2D eigenvalue weighted by molar-refractivity contribution is 7.93. The van der Waals surface area contributed by atoms with Crippen molar-refractivity contribution in [1.29, 1.82) is 0 Å². The van der Waals surface area contributed by atoms with Crippen LogP contribution in [0.2, 0.25) is 0 Å². The highest BCUT2D eigenvalue weighted by Gasteiger charge is 2.55. The molecule has 5 rings (SSSR count). The molecule has 2 N–H and O–H groups in total. The highest BCUT2D eigenvalue weighted by atomic mass is 32.2. The van der Waals surface area contributed by atoms with Gasteiger partial charge < -0.3 is 25.2 Å². The molecule has 0 bridgehead atoms. The van der Waals surface area contributed by atoms with Crippen molar-refractivity contribution in [2.75, 3.05) is 63.7 Å². The molecule has 3 fully saturated rings. The minimum absolute atomic E-state index is 0.250. The largest absolute Gasteiger partial charge is 0.378 e. The van der Waals surface area contributed by atoms with E-state index in [1.165, 1.54) is 0 Å². The quantitative estimate of drug-likeness (QED) is 0.497. The first kappa shape index (κ1) is 26.8. The van der Waals surface area contributed by atoms with Gasteiger partial charge in [-0.3, -0.25) is 0 Å². The van der Waals surface area contributed by atoms with Crippen LogP contribution in [-0.4, -0.2) is 88.1 Å². The number of amides is 2. The Bertz CT molecular complexity index is 1230. The van der Waals surface area contributed by atoms with Gasteiger partial charge in [-0.05, 0) is 64.0 Å². The predicted octanol–water partition coefficient (Wildman–Crippen LogP) is 3.01. The number of carbonyl (C=O) groups excluding carboxylic acids is 1. The van der Waals surface area contributed by atoms with Crippen molar-refractivity contribution in [3.05, 3.63) is 36.0 Å². The first-order valence-electron chi connectivity index (χ1n) is 13.5. The van der Waals surface area contributed by atoms with Crippen LogP contribution in [0.15, 0.2) is 30.3 Å². The van der Waals surface area contributed by atoms with Crippen LogP contribution in [0.1, 0.15) is 44.2 Å². The van der Waals surface area contributed by atoms with Crippen LogP contribution in [0.4, 0.5) is 16.3 Å². The fraction of sp³-hybridized carbons (Fsp3) is 0.593. The van der Waals surface area contributed by atoms with E-state index in [1.807, 2.05) is 49.3 Å². The Kier molecular flexibility index (Phi) is 7.88. The number of ether oxygens (including phenoxy) is 1. The summed E-state index contributed by atoms with van der Waals surface area (Å²) in [7, 11) is 0.557.